The van der Waals surface area contributed by atoms with Crippen molar-refractivity contribution in [2.75, 3.05) is 5.32 Å². The summed E-state index contributed by atoms with van der Waals surface area (Å²) in [6.45, 7) is 1.84. The van der Waals surface area contributed by atoms with Crippen molar-refractivity contribution in [1.82, 2.24) is 4.98 Å². The zero-order valence-electron chi connectivity index (χ0n) is 13.1. The Kier molecular flexibility index (Phi) is 4.87. The number of carboxylic acids is 1. The summed E-state index contributed by atoms with van der Waals surface area (Å²) in [5.41, 5.74) is 1.20. The van der Waals surface area contributed by atoms with Gasteiger partial charge in [0.1, 0.15) is 4.88 Å². The molecule has 2 aromatic rings. The molecule has 0 aliphatic heterocycles. The predicted molar refractivity (Wildman–Crippen MR) is 94.4 cm³/mol. The Balaban J connectivity index is 1.77. The van der Waals surface area contributed by atoms with Gasteiger partial charge in [0.2, 0.25) is 0 Å². The number of aryl methyl sites for hydroxylation is 1. The number of carbonyl (C=O) groups excluding carboxylic acids is 1. The van der Waals surface area contributed by atoms with Crippen molar-refractivity contribution in [1.29, 1.82) is 0 Å². The number of anilines is 1. The van der Waals surface area contributed by atoms with Crippen molar-refractivity contribution in [3.8, 4) is 0 Å². The Morgan fingerprint density at radius 2 is 2.04 bits per heavy atom. The largest absolute Gasteiger partial charge is 0.478 e. The number of aromatic carboxylic acids is 1. The quantitative estimate of drug-likeness (QED) is 0.823. The maximum atomic E-state index is 12.5. The van der Waals surface area contributed by atoms with Gasteiger partial charge in [0.15, 0.2) is 0 Å². The van der Waals surface area contributed by atoms with Crippen LogP contribution in [0.15, 0.2) is 18.2 Å². The third-order valence-corrected chi connectivity index (χ3v) is 5.81. The Labute approximate surface area is 148 Å². The molecule has 24 heavy (non-hydrogen) atoms. The number of amides is 1. The molecule has 0 saturated heterocycles. The highest BCUT2D eigenvalue weighted by Crippen LogP contribution is 2.37. The number of carbonyl (C=O) groups is 2. The Hall–Kier alpha value is -1.92. The number of thiazole rings is 1. The van der Waals surface area contributed by atoms with Crippen LogP contribution in [0.4, 0.5) is 5.69 Å². The molecule has 0 atom stereocenters. The highest BCUT2D eigenvalue weighted by molar-refractivity contribution is 7.14. The van der Waals surface area contributed by atoms with E-state index in [1.54, 1.807) is 0 Å². The minimum Gasteiger partial charge on any atom is -0.478 e. The number of aromatic nitrogens is 1. The van der Waals surface area contributed by atoms with Crippen molar-refractivity contribution in [3.05, 3.63) is 44.4 Å². The van der Waals surface area contributed by atoms with Gasteiger partial charge in [-0.25, -0.2) is 9.78 Å². The molecular formula is C17H17ClN2O3S. The standard InChI is InChI=1S/C17H17ClN2O3S/c1-9-14(24-16(19-9)10-4-2-3-5-10)15(21)20-11-6-7-12(17(22)23)13(18)8-11/h6-8,10H,2-5H2,1H3,(H,20,21)(H,22,23). The Morgan fingerprint density at radius 3 is 2.67 bits per heavy atom. The molecule has 0 bridgehead atoms. The van der Waals surface area contributed by atoms with Gasteiger partial charge in [-0.1, -0.05) is 24.4 Å². The average Bonchev–Trinajstić information content (AvgIpc) is 3.15. The molecule has 126 valence electrons. The first-order chi connectivity index (χ1) is 11.5. The Morgan fingerprint density at radius 1 is 1.33 bits per heavy atom. The van der Waals surface area contributed by atoms with E-state index in [4.69, 9.17) is 16.7 Å². The highest BCUT2D eigenvalue weighted by Gasteiger charge is 2.24. The zero-order chi connectivity index (χ0) is 17.3. The fraction of sp³-hybridized carbons (Fsp3) is 0.353. The van der Waals surface area contributed by atoms with Crippen LogP contribution in [0.25, 0.3) is 0 Å². The molecule has 5 nitrogen and oxygen atoms in total. The van der Waals surface area contributed by atoms with E-state index in [1.165, 1.54) is 42.4 Å². The molecule has 3 rings (SSSR count). The number of carboxylic acid groups (broad SMARTS) is 1. The summed E-state index contributed by atoms with van der Waals surface area (Å²) in [5, 5.41) is 12.9. The van der Waals surface area contributed by atoms with Gasteiger partial charge < -0.3 is 10.4 Å². The molecular weight excluding hydrogens is 348 g/mol. The van der Waals surface area contributed by atoms with E-state index in [9.17, 15) is 9.59 Å². The summed E-state index contributed by atoms with van der Waals surface area (Å²) >= 11 is 7.38. The number of rotatable bonds is 4. The lowest BCUT2D eigenvalue weighted by Crippen LogP contribution is -2.12. The van der Waals surface area contributed by atoms with Crippen molar-refractivity contribution < 1.29 is 14.7 Å². The maximum absolute atomic E-state index is 12.5. The smallest absolute Gasteiger partial charge is 0.337 e. The van der Waals surface area contributed by atoms with Gasteiger partial charge in [-0.3, -0.25) is 4.79 Å². The molecule has 1 fully saturated rings. The monoisotopic (exact) mass is 364 g/mol. The van der Waals surface area contributed by atoms with Crippen LogP contribution in [0.2, 0.25) is 5.02 Å². The fourth-order valence-corrected chi connectivity index (χ4v) is 4.32. The first kappa shape index (κ1) is 16.9. The minimum absolute atomic E-state index is 0.00663. The average molecular weight is 365 g/mol. The van der Waals surface area contributed by atoms with Crippen LogP contribution in [-0.4, -0.2) is 22.0 Å². The number of nitrogens with one attached hydrogen (secondary N) is 1. The second-order valence-corrected chi connectivity index (χ2v) is 7.34. The molecule has 1 aromatic heterocycles. The summed E-state index contributed by atoms with van der Waals surface area (Å²) in [6, 6.07) is 4.35. The van der Waals surface area contributed by atoms with Crippen molar-refractivity contribution in [3.63, 3.8) is 0 Å². The fourth-order valence-electron chi connectivity index (χ4n) is 2.93. The van der Waals surface area contributed by atoms with Gasteiger partial charge in [-0.05, 0) is 38.0 Å². The third-order valence-electron chi connectivity index (χ3n) is 4.18. The summed E-state index contributed by atoms with van der Waals surface area (Å²) in [4.78, 5) is 28.6. The van der Waals surface area contributed by atoms with Crippen molar-refractivity contribution in [2.45, 2.75) is 38.5 Å². The zero-order valence-corrected chi connectivity index (χ0v) is 14.7. The molecule has 2 N–H and O–H groups in total. The predicted octanol–water partition coefficient (Wildman–Crippen LogP) is 4.71. The van der Waals surface area contributed by atoms with E-state index >= 15 is 0 Å². The van der Waals surface area contributed by atoms with Gasteiger partial charge in [0, 0.05) is 11.6 Å². The Bertz CT molecular complexity index is 797. The summed E-state index contributed by atoms with van der Waals surface area (Å²) in [7, 11) is 0. The van der Waals surface area contributed by atoms with Crippen molar-refractivity contribution in [2.24, 2.45) is 0 Å². The van der Waals surface area contributed by atoms with Crippen LogP contribution in [0.1, 0.15) is 62.3 Å². The molecule has 0 unspecified atom stereocenters. The highest BCUT2D eigenvalue weighted by atomic mass is 35.5. The first-order valence-electron chi connectivity index (χ1n) is 7.77. The molecule has 0 spiro atoms. The van der Waals surface area contributed by atoms with Crippen LogP contribution < -0.4 is 5.32 Å². The third kappa shape index (κ3) is 3.44. The summed E-state index contributed by atoms with van der Waals surface area (Å²) in [5.74, 6) is -0.870. The molecule has 1 saturated carbocycles. The number of nitrogens with zero attached hydrogens (tertiary/aromatic N) is 1. The minimum atomic E-state index is -1.10. The SMILES string of the molecule is Cc1nc(C2CCCC2)sc1C(=O)Nc1ccc(C(=O)O)c(Cl)c1. The van der Waals surface area contributed by atoms with Crippen LogP contribution in [0.3, 0.4) is 0 Å². The second-order valence-electron chi connectivity index (χ2n) is 5.90. The molecule has 7 heteroatoms. The summed E-state index contributed by atoms with van der Waals surface area (Å²) < 4.78 is 0. The molecule has 1 amide bonds. The lowest BCUT2D eigenvalue weighted by Gasteiger charge is -2.06. The molecule has 1 heterocycles. The van der Waals surface area contributed by atoms with Crippen LogP contribution in [-0.2, 0) is 0 Å². The van der Waals surface area contributed by atoms with E-state index in [0.29, 0.717) is 16.5 Å². The van der Waals surface area contributed by atoms with Gasteiger partial charge >= 0.3 is 5.97 Å². The van der Waals surface area contributed by atoms with Gasteiger partial charge in [0.25, 0.3) is 5.91 Å². The maximum Gasteiger partial charge on any atom is 0.337 e. The van der Waals surface area contributed by atoms with E-state index in [0.717, 1.165) is 23.5 Å². The number of hydrogen-bond donors (Lipinski definition) is 2. The molecule has 1 aliphatic rings. The molecule has 0 radical (unpaired) electrons. The van der Waals surface area contributed by atoms with E-state index in [1.807, 2.05) is 6.92 Å². The lowest BCUT2D eigenvalue weighted by atomic mass is 10.1. The topological polar surface area (TPSA) is 79.3 Å². The van der Waals surface area contributed by atoms with E-state index < -0.39 is 5.97 Å². The molecule has 1 aromatic carbocycles. The number of halogens is 1. The summed E-state index contributed by atoms with van der Waals surface area (Å²) in [6.07, 6.45) is 4.72. The van der Waals surface area contributed by atoms with Crippen LogP contribution >= 0.6 is 22.9 Å². The van der Waals surface area contributed by atoms with Gasteiger partial charge in [-0.15, -0.1) is 11.3 Å². The lowest BCUT2D eigenvalue weighted by molar-refractivity contribution is 0.0697. The van der Waals surface area contributed by atoms with E-state index in [2.05, 4.69) is 10.3 Å². The van der Waals surface area contributed by atoms with E-state index in [-0.39, 0.29) is 16.5 Å². The second kappa shape index (κ2) is 6.91. The van der Waals surface area contributed by atoms with Crippen LogP contribution in [0, 0.1) is 6.92 Å². The van der Waals surface area contributed by atoms with Gasteiger partial charge in [-0.2, -0.15) is 0 Å². The van der Waals surface area contributed by atoms with Gasteiger partial charge in [0.05, 0.1) is 21.3 Å². The van der Waals surface area contributed by atoms with Crippen molar-refractivity contribution >= 4 is 40.5 Å². The van der Waals surface area contributed by atoms with Crippen LogP contribution in [0.5, 0.6) is 0 Å². The number of hydrogen-bond acceptors (Lipinski definition) is 4. The number of benzene rings is 1. The normalized spacial score (nSPS) is 14.8. The molecule has 1 aliphatic carbocycles. The first-order valence-corrected chi connectivity index (χ1v) is 8.96.